The lowest BCUT2D eigenvalue weighted by Crippen LogP contribution is -2.20. The Morgan fingerprint density at radius 3 is 2.36 bits per heavy atom. The van der Waals surface area contributed by atoms with E-state index in [4.69, 9.17) is 10.5 Å². The predicted molar refractivity (Wildman–Crippen MR) is 60.1 cm³/mol. The molecule has 2 heteroatoms. The largest absolute Gasteiger partial charge is 0.399 e. The van der Waals surface area contributed by atoms with Crippen molar-refractivity contribution < 1.29 is 4.74 Å². The minimum Gasteiger partial charge on any atom is -0.399 e. The van der Waals surface area contributed by atoms with E-state index in [9.17, 15) is 0 Å². The van der Waals surface area contributed by atoms with Gasteiger partial charge >= 0.3 is 0 Å². The zero-order chi connectivity index (χ0) is 10.8. The average molecular weight is 193 g/mol. The van der Waals surface area contributed by atoms with E-state index in [0.717, 1.165) is 11.3 Å². The van der Waals surface area contributed by atoms with E-state index >= 15 is 0 Å². The van der Waals surface area contributed by atoms with Gasteiger partial charge in [0.1, 0.15) is 0 Å². The van der Waals surface area contributed by atoms with Crippen LogP contribution >= 0.6 is 0 Å². The van der Waals surface area contributed by atoms with Crippen LogP contribution in [0.5, 0.6) is 0 Å². The monoisotopic (exact) mass is 193 g/mol. The van der Waals surface area contributed by atoms with Crippen LogP contribution in [0.2, 0.25) is 0 Å². The van der Waals surface area contributed by atoms with Crippen molar-refractivity contribution in [2.75, 3.05) is 12.8 Å². The molecule has 0 aliphatic rings. The van der Waals surface area contributed by atoms with Gasteiger partial charge in [0, 0.05) is 12.8 Å². The fourth-order valence-corrected chi connectivity index (χ4v) is 1.71. The molecular formula is C12H19NO. The zero-order valence-electron chi connectivity index (χ0n) is 9.37. The standard InChI is InChI=1S/C12H19NO/c1-12(2,3)11(14-4)9-6-5-7-10(13)8-9/h5-8,11H,13H2,1-4H3/t11-/m0/s1. The topological polar surface area (TPSA) is 35.2 Å². The van der Waals surface area contributed by atoms with Gasteiger partial charge in [-0.3, -0.25) is 0 Å². The molecule has 1 aromatic carbocycles. The van der Waals surface area contributed by atoms with Crippen molar-refractivity contribution >= 4 is 5.69 Å². The summed E-state index contributed by atoms with van der Waals surface area (Å²) < 4.78 is 5.50. The Balaban J connectivity index is 3.01. The van der Waals surface area contributed by atoms with Gasteiger partial charge in [0.2, 0.25) is 0 Å². The quantitative estimate of drug-likeness (QED) is 0.733. The summed E-state index contributed by atoms with van der Waals surface area (Å²) in [5.41, 5.74) is 7.75. The van der Waals surface area contributed by atoms with Gasteiger partial charge in [-0.05, 0) is 23.1 Å². The number of rotatable bonds is 2. The highest BCUT2D eigenvalue weighted by atomic mass is 16.5. The maximum absolute atomic E-state index is 5.74. The van der Waals surface area contributed by atoms with Crippen molar-refractivity contribution in [3.8, 4) is 0 Å². The Kier molecular flexibility index (Phi) is 3.17. The third-order valence-electron chi connectivity index (χ3n) is 2.24. The molecule has 0 amide bonds. The highest BCUT2D eigenvalue weighted by Gasteiger charge is 2.25. The van der Waals surface area contributed by atoms with E-state index in [1.165, 1.54) is 0 Å². The smallest absolute Gasteiger partial charge is 0.0870 e. The first kappa shape index (κ1) is 11.1. The van der Waals surface area contributed by atoms with Gasteiger partial charge in [0.05, 0.1) is 6.10 Å². The first-order valence-corrected chi connectivity index (χ1v) is 4.83. The van der Waals surface area contributed by atoms with Crippen molar-refractivity contribution in [1.82, 2.24) is 0 Å². The molecule has 0 aliphatic carbocycles. The maximum atomic E-state index is 5.74. The Morgan fingerprint density at radius 2 is 1.93 bits per heavy atom. The Morgan fingerprint density at radius 1 is 1.29 bits per heavy atom. The van der Waals surface area contributed by atoms with Crippen LogP contribution < -0.4 is 5.73 Å². The number of anilines is 1. The lowest BCUT2D eigenvalue weighted by molar-refractivity contribution is 0.0152. The number of nitrogen functional groups attached to an aromatic ring is 1. The summed E-state index contributed by atoms with van der Waals surface area (Å²) in [5, 5.41) is 0. The van der Waals surface area contributed by atoms with Crippen LogP contribution in [0, 0.1) is 5.41 Å². The molecule has 0 bridgehead atoms. The normalized spacial score (nSPS) is 14.0. The van der Waals surface area contributed by atoms with Crippen LogP contribution in [0.3, 0.4) is 0 Å². The lowest BCUT2D eigenvalue weighted by atomic mass is 9.84. The molecule has 0 radical (unpaired) electrons. The van der Waals surface area contributed by atoms with Crippen LogP contribution in [-0.4, -0.2) is 7.11 Å². The van der Waals surface area contributed by atoms with Crippen molar-refractivity contribution in [2.45, 2.75) is 26.9 Å². The second kappa shape index (κ2) is 4.01. The third-order valence-corrected chi connectivity index (χ3v) is 2.24. The molecule has 0 fully saturated rings. The maximum Gasteiger partial charge on any atom is 0.0870 e. The van der Waals surface area contributed by atoms with Crippen LogP contribution in [0.1, 0.15) is 32.4 Å². The second-order valence-electron chi connectivity index (χ2n) is 4.65. The molecular weight excluding hydrogens is 174 g/mol. The summed E-state index contributed by atoms with van der Waals surface area (Å²) in [5.74, 6) is 0. The highest BCUT2D eigenvalue weighted by molar-refractivity contribution is 5.41. The van der Waals surface area contributed by atoms with Gasteiger partial charge in [-0.1, -0.05) is 32.9 Å². The first-order chi connectivity index (χ1) is 6.45. The minimum absolute atomic E-state index is 0.0859. The van der Waals surface area contributed by atoms with Crippen LogP contribution in [0.15, 0.2) is 24.3 Å². The van der Waals surface area contributed by atoms with Gasteiger partial charge in [0.25, 0.3) is 0 Å². The summed E-state index contributed by atoms with van der Waals surface area (Å²) >= 11 is 0. The number of nitrogens with two attached hydrogens (primary N) is 1. The van der Waals surface area contributed by atoms with E-state index in [0.29, 0.717) is 0 Å². The molecule has 78 valence electrons. The lowest BCUT2D eigenvalue weighted by Gasteiger charge is -2.29. The van der Waals surface area contributed by atoms with Crippen molar-refractivity contribution in [3.63, 3.8) is 0 Å². The van der Waals surface area contributed by atoms with Gasteiger partial charge in [-0.25, -0.2) is 0 Å². The Labute approximate surface area is 86.1 Å². The fraction of sp³-hybridized carbons (Fsp3) is 0.500. The van der Waals surface area contributed by atoms with Crippen LogP contribution in [0.25, 0.3) is 0 Å². The molecule has 0 heterocycles. The van der Waals surface area contributed by atoms with E-state index in [1.54, 1.807) is 7.11 Å². The van der Waals surface area contributed by atoms with Crippen LogP contribution in [0.4, 0.5) is 5.69 Å². The molecule has 0 aromatic heterocycles. The van der Waals surface area contributed by atoms with Gasteiger partial charge in [0.15, 0.2) is 0 Å². The summed E-state index contributed by atoms with van der Waals surface area (Å²) in [7, 11) is 1.74. The average Bonchev–Trinajstić information content (AvgIpc) is 2.02. The number of benzene rings is 1. The zero-order valence-corrected chi connectivity index (χ0v) is 9.37. The molecule has 1 rings (SSSR count). The SMILES string of the molecule is CO[C@@H](c1cccc(N)c1)C(C)(C)C. The summed E-state index contributed by atoms with van der Waals surface area (Å²) in [4.78, 5) is 0. The summed E-state index contributed by atoms with van der Waals surface area (Å²) in [6.45, 7) is 6.47. The number of hydrogen-bond acceptors (Lipinski definition) is 2. The Hall–Kier alpha value is -1.02. The Bertz CT molecular complexity index is 301. The summed E-state index contributed by atoms with van der Waals surface area (Å²) in [6, 6.07) is 7.87. The van der Waals surface area contributed by atoms with Crippen molar-refractivity contribution in [1.29, 1.82) is 0 Å². The molecule has 0 aliphatic heterocycles. The first-order valence-electron chi connectivity index (χ1n) is 4.83. The van der Waals surface area contributed by atoms with Crippen molar-refractivity contribution in [2.24, 2.45) is 5.41 Å². The molecule has 0 saturated heterocycles. The molecule has 0 spiro atoms. The molecule has 0 saturated carbocycles. The third kappa shape index (κ3) is 2.48. The van der Waals surface area contributed by atoms with E-state index in [2.05, 4.69) is 26.8 Å². The van der Waals surface area contributed by atoms with E-state index in [-0.39, 0.29) is 11.5 Å². The number of methoxy groups -OCH3 is 1. The van der Waals surface area contributed by atoms with Gasteiger partial charge in [-0.2, -0.15) is 0 Å². The van der Waals surface area contributed by atoms with Gasteiger partial charge in [-0.15, -0.1) is 0 Å². The minimum atomic E-state index is 0.0859. The molecule has 1 aromatic rings. The van der Waals surface area contributed by atoms with Gasteiger partial charge < -0.3 is 10.5 Å². The number of hydrogen-bond donors (Lipinski definition) is 1. The molecule has 0 unspecified atom stereocenters. The molecule has 2 nitrogen and oxygen atoms in total. The van der Waals surface area contributed by atoms with Crippen molar-refractivity contribution in [3.05, 3.63) is 29.8 Å². The van der Waals surface area contributed by atoms with Crippen LogP contribution in [-0.2, 0) is 4.74 Å². The van der Waals surface area contributed by atoms with E-state index in [1.807, 2.05) is 18.2 Å². The number of ether oxygens (including phenoxy) is 1. The molecule has 14 heavy (non-hydrogen) atoms. The highest BCUT2D eigenvalue weighted by Crippen LogP contribution is 2.35. The molecule has 2 N–H and O–H groups in total. The summed E-state index contributed by atoms with van der Waals surface area (Å²) in [6.07, 6.45) is 0.0889. The fourth-order valence-electron chi connectivity index (χ4n) is 1.71. The predicted octanol–water partition coefficient (Wildman–Crippen LogP) is 3.00. The molecule has 1 atom stereocenters. The second-order valence-corrected chi connectivity index (χ2v) is 4.65. The van der Waals surface area contributed by atoms with E-state index < -0.39 is 0 Å².